The maximum absolute atomic E-state index is 11.7. The molecule has 0 aromatic heterocycles. The third-order valence-electron chi connectivity index (χ3n) is 4.74. The lowest BCUT2D eigenvalue weighted by Crippen LogP contribution is -2.44. The zero-order valence-corrected chi connectivity index (χ0v) is 19.9. The number of aliphatic imine (C=N–C) groups is 1. The van der Waals surface area contributed by atoms with Crippen molar-refractivity contribution in [1.29, 1.82) is 0 Å². The summed E-state index contributed by atoms with van der Waals surface area (Å²) in [6.45, 7) is 8.56. The first kappa shape index (κ1) is 24.2. The van der Waals surface area contributed by atoms with Gasteiger partial charge in [0.2, 0.25) is 0 Å². The standard InChI is InChI=1S/C19H32N4O2S.HI/c1-5-20-19(22-18-10-11-26(24,25)14-18)21-12-16-8-6-7-9-17(16)13-23(4)15(2)3;/h6-9,15,18H,5,10-14H2,1-4H3,(H2,20,21,22);1H. The SMILES string of the molecule is CCNC(=NCc1ccccc1CN(C)C(C)C)NC1CCS(=O)(=O)C1.I. The van der Waals surface area contributed by atoms with Crippen LogP contribution < -0.4 is 10.6 Å². The van der Waals surface area contributed by atoms with Crippen LogP contribution in [0.5, 0.6) is 0 Å². The average Bonchev–Trinajstić information content (AvgIpc) is 2.92. The fourth-order valence-electron chi connectivity index (χ4n) is 2.90. The van der Waals surface area contributed by atoms with E-state index in [-0.39, 0.29) is 41.5 Å². The third-order valence-corrected chi connectivity index (χ3v) is 6.51. The van der Waals surface area contributed by atoms with Crippen molar-refractivity contribution in [2.45, 2.75) is 52.4 Å². The molecule has 2 N–H and O–H groups in total. The second-order valence-corrected chi connectivity index (χ2v) is 9.45. The van der Waals surface area contributed by atoms with E-state index in [4.69, 9.17) is 0 Å². The summed E-state index contributed by atoms with van der Waals surface area (Å²) >= 11 is 0. The molecule has 0 spiro atoms. The normalized spacial score (nSPS) is 19.2. The van der Waals surface area contributed by atoms with Gasteiger partial charge in [-0.3, -0.25) is 4.90 Å². The Labute approximate surface area is 181 Å². The van der Waals surface area contributed by atoms with E-state index in [2.05, 4.69) is 59.6 Å². The molecule has 1 aliphatic rings. The van der Waals surface area contributed by atoms with E-state index in [0.717, 1.165) is 13.1 Å². The van der Waals surface area contributed by atoms with Crippen LogP contribution in [-0.2, 0) is 22.9 Å². The molecule has 0 bridgehead atoms. The maximum atomic E-state index is 11.7. The van der Waals surface area contributed by atoms with Crippen molar-refractivity contribution < 1.29 is 8.42 Å². The fraction of sp³-hybridized carbons (Fsp3) is 0.632. The highest BCUT2D eigenvalue weighted by Crippen LogP contribution is 2.14. The fourth-order valence-corrected chi connectivity index (χ4v) is 4.58. The minimum atomic E-state index is -2.90. The Hall–Kier alpha value is -0.870. The van der Waals surface area contributed by atoms with E-state index in [1.54, 1.807) is 0 Å². The molecule has 1 unspecified atom stereocenters. The molecule has 1 atom stereocenters. The predicted octanol–water partition coefficient (Wildman–Crippen LogP) is 2.39. The lowest BCUT2D eigenvalue weighted by molar-refractivity contribution is 0.265. The van der Waals surface area contributed by atoms with Crippen molar-refractivity contribution in [3.05, 3.63) is 35.4 Å². The molecule has 1 aliphatic heterocycles. The number of guanidine groups is 1. The third kappa shape index (κ3) is 7.95. The largest absolute Gasteiger partial charge is 0.357 e. The lowest BCUT2D eigenvalue weighted by atomic mass is 10.1. The van der Waals surface area contributed by atoms with Gasteiger partial charge in [-0.05, 0) is 45.4 Å². The highest BCUT2D eigenvalue weighted by atomic mass is 127. The minimum absolute atomic E-state index is 0. The van der Waals surface area contributed by atoms with E-state index < -0.39 is 9.84 Å². The number of halogens is 1. The molecule has 154 valence electrons. The van der Waals surface area contributed by atoms with Gasteiger partial charge in [0.05, 0.1) is 18.1 Å². The molecule has 1 fully saturated rings. The van der Waals surface area contributed by atoms with Crippen LogP contribution in [0, 0.1) is 0 Å². The summed E-state index contributed by atoms with van der Waals surface area (Å²) in [5.41, 5.74) is 2.46. The molecule has 0 amide bonds. The zero-order valence-electron chi connectivity index (χ0n) is 16.7. The summed E-state index contributed by atoms with van der Waals surface area (Å²) in [6.07, 6.45) is 0.641. The molecule has 8 heteroatoms. The van der Waals surface area contributed by atoms with Gasteiger partial charge in [0, 0.05) is 25.2 Å². The van der Waals surface area contributed by atoms with Crippen LogP contribution in [0.25, 0.3) is 0 Å². The van der Waals surface area contributed by atoms with Crippen LogP contribution in [0.4, 0.5) is 0 Å². The van der Waals surface area contributed by atoms with Gasteiger partial charge < -0.3 is 10.6 Å². The van der Waals surface area contributed by atoms with Gasteiger partial charge in [0.1, 0.15) is 0 Å². The van der Waals surface area contributed by atoms with Gasteiger partial charge in [0.25, 0.3) is 0 Å². The minimum Gasteiger partial charge on any atom is -0.357 e. The molecule has 0 radical (unpaired) electrons. The molecular weight excluding hydrogens is 475 g/mol. The number of rotatable bonds is 7. The van der Waals surface area contributed by atoms with Crippen LogP contribution >= 0.6 is 24.0 Å². The molecule has 2 rings (SSSR count). The summed E-state index contributed by atoms with van der Waals surface area (Å²) in [6, 6.07) is 8.77. The number of nitrogens with zero attached hydrogens (tertiary/aromatic N) is 2. The molecule has 1 heterocycles. The summed E-state index contributed by atoms with van der Waals surface area (Å²) < 4.78 is 23.3. The Kier molecular flexibility index (Phi) is 10.0. The first-order chi connectivity index (χ1) is 12.3. The summed E-state index contributed by atoms with van der Waals surface area (Å²) in [5.74, 6) is 1.13. The monoisotopic (exact) mass is 508 g/mol. The Morgan fingerprint density at radius 1 is 1.30 bits per heavy atom. The molecule has 1 saturated heterocycles. The number of hydrogen-bond acceptors (Lipinski definition) is 4. The van der Waals surface area contributed by atoms with Crippen LogP contribution in [0.15, 0.2) is 29.3 Å². The number of sulfone groups is 1. The molecule has 1 aromatic rings. The topological polar surface area (TPSA) is 73.8 Å². The Balaban J connectivity index is 0.00000364. The van der Waals surface area contributed by atoms with Crippen molar-refractivity contribution in [3.63, 3.8) is 0 Å². The van der Waals surface area contributed by atoms with Crippen molar-refractivity contribution in [2.24, 2.45) is 4.99 Å². The number of benzene rings is 1. The molecular formula is C19H33IN4O2S. The van der Waals surface area contributed by atoms with Crippen LogP contribution in [0.2, 0.25) is 0 Å². The summed E-state index contributed by atoms with van der Waals surface area (Å²) in [4.78, 5) is 6.99. The highest BCUT2D eigenvalue weighted by Gasteiger charge is 2.28. The van der Waals surface area contributed by atoms with E-state index in [0.29, 0.717) is 25.0 Å². The average molecular weight is 508 g/mol. The quantitative estimate of drug-likeness (QED) is 0.336. The Morgan fingerprint density at radius 2 is 1.96 bits per heavy atom. The molecule has 0 aliphatic carbocycles. The van der Waals surface area contributed by atoms with Gasteiger partial charge >= 0.3 is 0 Å². The second-order valence-electron chi connectivity index (χ2n) is 7.22. The zero-order chi connectivity index (χ0) is 19.2. The molecule has 1 aromatic carbocycles. The summed E-state index contributed by atoms with van der Waals surface area (Å²) in [5, 5.41) is 6.49. The lowest BCUT2D eigenvalue weighted by Gasteiger charge is -2.22. The van der Waals surface area contributed by atoms with Crippen molar-refractivity contribution in [2.75, 3.05) is 25.1 Å². The van der Waals surface area contributed by atoms with E-state index in [9.17, 15) is 8.42 Å². The first-order valence-corrected chi connectivity index (χ1v) is 11.1. The number of hydrogen-bond donors (Lipinski definition) is 2. The maximum Gasteiger partial charge on any atom is 0.191 e. The van der Waals surface area contributed by atoms with Crippen molar-refractivity contribution in [3.8, 4) is 0 Å². The van der Waals surface area contributed by atoms with Gasteiger partial charge in [-0.2, -0.15) is 0 Å². The highest BCUT2D eigenvalue weighted by molar-refractivity contribution is 14.0. The Bertz CT molecular complexity index is 722. The van der Waals surface area contributed by atoms with Gasteiger partial charge in [-0.15, -0.1) is 24.0 Å². The molecule has 0 saturated carbocycles. The summed E-state index contributed by atoms with van der Waals surface area (Å²) in [7, 11) is -0.780. The second kappa shape index (κ2) is 11.2. The number of nitrogens with one attached hydrogen (secondary N) is 2. The van der Waals surface area contributed by atoms with Gasteiger partial charge in [-0.25, -0.2) is 13.4 Å². The van der Waals surface area contributed by atoms with Gasteiger partial charge in [-0.1, -0.05) is 24.3 Å². The molecule has 6 nitrogen and oxygen atoms in total. The van der Waals surface area contributed by atoms with Crippen molar-refractivity contribution >= 4 is 39.8 Å². The van der Waals surface area contributed by atoms with Crippen LogP contribution in [0.3, 0.4) is 0 Å². The van der Waals surface area contributed by atoms with Gasteiger partial charge in [0.15, 0.2) is 15.8 Å². The van der Waals surface area contributed by atoms with Crippen molar-refractivity contribution in [1.82, 2.24) is 15.5 Å². The molecule has 27 heavy (non-hydrogen) atoms. The first-order valence-electron chi connectivity index (χ1n) is 9.33. The smallest absolute Gasteiger partial charge is 0.191 e. The Morgan fingerprint density at radius 3 is 2.52 bits per heavy atom. The van der Waals surface area contributed by atoms with E-state index in [1.807, 2.05) is 13.0 Å². The van der Waals surface area contributed by atoms with E-state index in [1.165, 1.54) is 11.1 Å². The van der Waals surface area contributed by atoms with Crippen LogP contribution in [0.1, 0.15) is 38.3 Å². The van der Waals surface area contributed by atoms with E-state index >= 15 is 0 Å². The van der Waals surface area contributed by atoms with Crippen LogP contribution in [-0.4, -0.2) is 56.5 Å². The predicted molar refractivity (Wildman–Crippen MR) is 123 cm³/mol.